The minimum atomic E-state index is -3.26. The van der Waals surface area contributed by atoms with Crippen LogP contribution in [0.1, 0.15) is 0 Å². The fourth-order valence-electron chi connectivity index (χ4n) is 0.879. The summed E-state index contributed by atoms with van der Waals surface area (Å²) >= 11 is 0. The smallest absolute Gasteiger partial charge is 0.330 e. The Balaban J connectivity index is 0.000001000. The highest BCUT2D eigenvalue weighted by molar-refractivity contribution is 5.86. The summed E-state index contributed by atoms with van der Waals surface area (Å²) in [5.41, 5.74) is 5.00. The van der Waals surface area contributed by atoms with Crippen molar-refractivity contribution >= 4 is 18.3 Å². The minimum absolute atomic E-state index is 0. The number of rotatable bonds is 1. The minimum Gasteiger partial charge on any atom is -0.350 e. The lowest BCUT2D eigenvalue weighted by Crippen LogP contribution is -2.36. The third kappa shape index (κ3) is 1.59. The highest BCUT2D eigenvalue weighted by atomic mass is 35.5. The van der Waals surface area contributed by atoms with Crippen LogP contribution >= 0.6 is 12.4 Å². The second-order valence-corrected chi connectivity index (χ2v) is 2.27. The fourth-order valence-corrected chi connectivity index (χ4v) is 0.879. The van der Waals surface area contributed by atoms with E-state index in [1.807, 2.05) is 5.32 Å². The average molecular weight is 187 g/mol. The Morgan fingerprint density at radius 3 is 2.45 bits per heavy atom. The predicted octanol–water partition coefficient (Wildman–Crippen LogP) is -0.252. The van der Waals surface area contributed by atoms with E-state index in [0.717, 1.165) is 0 Å². The van der Waals surface area contributed by atoms with E-state index in [2.05, 4.69) is 0 Å². The Morgan fingerprint density at radius 1 is 1.73 bits per heavy atom. The van der Waals surface area contributed by atoms with Crippen molar-refractivity contribution in [3.05, 3.63) is 0 Å². The van der Waals surface area contributed by atoms with Crippen LogP contribution in [0.3, 0.4) is 0 Å². The number of amides is 1. The van der Waals surface area contributed by atoms with E-state index in [1.165, 1.54) is 0 Å². The van der Waals surface area contributed by atoms with Gasteiger partial charge >= 0.3 is 5.92 Å². The second-order valence-electron chi connectivity index (χ2n) is 2.27. The van der Waals surface area contributed by atoms with E-state index in [0.29, 0.717) is 0 Å². The van der Waals surface area contributed by atoms with E-state index < -0.39 is 17.7 Å². The van der Waals surface area contributed by atoms with Crippen LogP contribution in [0.4, 0.5) is 8.78 Å². The zero-order chi connectivity index (χ0) is 7.78. The third-order valence-corrected chi connectivity index (χ3v) is 1.61. The molecule has 0 saturated carbocycles. The van der Waals surface area contributed by atoms with Gasteiger partial charge in [0.1, 0.15) is 0 Å². The fraction of sp³-hybridized carbons (Fsp3) is 0.800. The Labute approximate surface area is 68.7 Å². The molecule has 1 fully saturated rings. The van der Waals surface area contributed by atoms with Crippen molar-refractivity contribution in [1.82, 2.24) is 5.32 Å². The molecule has 3 N–H and O–H groups in total. The SMILES string of the molecule is Cl.NCC1CNC(=O)C1(F)F. The first-order chi connectivity index (χ1) is 4.59. The van der Waals surface area contributed by atoms with Crippen LogP contribution in [0, 0.1) is 5.92 Å². The summed E-state index contributed by atoms with van der Waals surface area (Å²) in [5.74, 6) is -5.49. The normalized spacial score (nSPS) is 27.5. The number of nitrogens with one attached hydrogen (secondary N) is 1. The van der Waals surface area contributed by atoms with Crippen molar-refractivity contribution in [2.24, 2.45) is 11.7 Å². The van der Waals surface area contributed by atoms with E-state index in [-0.39, 0.29) is 25.5 Å². The Kier molecular flexibility index (Phi) is 3.19. The molecular formula is C5H9ClF2N2O. The quantitative estimate of drug-likeness (QED) is 0.593. The van der Waals surface area contributed by atoms with Gasteiger partial charge in [-0.1, -0.05) is 0 Å². The molecule has 3 nitrogen and oxygen atoms in total. The zero-order valence-corrected chi connectivity index (χ0v) is 6.46. The number of hydrogen-bond acceptors (Lipinski definition) is 2. The number of alkyl halides is 2. The van der Waals surface area contributed by atoms with Gasteiger partial charge in [-0.3, -0.25) is 4.79 Å². The second kappa shape index (κ2) is 3.32. The van der Waals surface area contributed by atoms with Gasteiger partial charge in [-0.15, -0.1) is 12.4 Å². The molecule has 66 valence electrons. The van der Waals surface area contributed by atoms with Gasteiger partial charge in [0.15, 0.2) is 0 Å². The molecule has 0 bridgehead atoms. The summed E-state index contributed by atoms with van der Waals surface area (Å²) in [5, 5.41) is 2.04. The first-order valence-corrected chi connectivity index (χ1v) is 2.95. The van der Waals surface area contributed by atoms with E-state index in [1.54, 1.807) is 0 Å². The number of carbonyl (C=O) groups excluding carboxylic acids is 1. The summed E-state index contributed by atoms with van der Waals surface area (Å²) in [4.78, 5) is 10.3. The van der Waals surface area contributed by atoms with Crippen molar-refractivity contribution in [2.45, 2.75) is 5.92 Å². The van der Waals surface area contributed by atoms with Crippen LogP contribution in [-0.4, -0.2) is 24.9 Å². The van der Waals surface area contributed by atoms with Crippen LogP contribution in [0.15, 0.2) is 0 Å². The van der Waals surface area contributed by atoms with Crippen LogP contribution in [0.2, 0.25) is 0 Å². The molecule has 6 heteroatoms. The Hall–Kier alpha value is -0.420. The maximum absolute atomic E-state index is 12.5. The topological polar surface area (TPSA) is 55.1 Å². The molecule has 1 rings (SSSR count). The summed E-state index contributed by atoms with van der Waals surface area (Å²) < 4.78 is 25.0. The van der Waals surface area contributed by atoms with E-state index in [4.69, 9.17) is 5.73 Å². The van der Waals surface area contributed by atoms with Gasteiger partial charge in [-0.05, 0) is 0 Å². The molecule has 0 aromatic rings. The summed E-state index contributed by atoms with van der Waals surface area (Å²) in [7, 11) is 0. The maximum atomic E-state index is 12.5. The summed E-state index contributed by atoms with van der Waals surface area (Å²) in [6.07, 6.45) is 0. The third-order valence-electron chi connectivity index (χ3n) is 1.61. The summed E-state index contributed by atoms with van der Waals surface area (Å²) in [6.45, 7) is -0.173. The van der Waals surface area contributed by atoms with Crippen LogP contribution in [-0.2, 0) is 4.79 Å². The molecule has 1 amide bonds. The van der Waals surface area contributed by atoms with Gasteiger partial charge in [-0.25, -0.2) is 0 Å². The standard InChI is InChI=1S/C5H8F2N2O.ClH/c6-5(7)3(1-8)2-9-4(5)10;/h3H,1-2,8H2,(H,9,10);1H. The molecule has 0 spiro atoms. The van der Waals surface area contributed by atoms with Crippen LogP contribution in [0.25, 0.3) is 0 Å². The molecular weight excluding hydrogens is 178 g/mol. The maximum Gasteiger partial charge on any atom is 0.330 e. The lowest BCUT2D eigenvalue weighted by molar-refractivity contribution is -0.143. The van der Waals surface area contributed by atoms with Crippen molar-refractivity contribution in [1.29, 1.82) is 0 Å². The number of hydrogen-bond donors (Lipinski definition) is 2. The Bertz CT molecular complexity index is 165. The van der Waals surface area contributed by atoms with Gasteiger partial charge in [0.25, 0.3) is 5.91 Å². The van der Waals surface area contributed by atoms with Gasteiger partial charge in [0.2, 0.25) is 0 Å². The molecule has 1 aliphatic heterocycles. The monoisotopic (exact) mass is 186 g/mol. The molecule has 1 unspecified atom stereocenters. The van der Waals surface area contributed by atoms with Crippen molar-refractivity contribution in [2.75, 3.05) is 13.1 Å². The van der Waals surface area contributed by atoms with Gasteiger partial charge in [0, 0.05) is 13.1 Å². The van der Waals surface area contributed by atoms with Crippen LogP contribution in [0.5, 0.6) is 0 Å². The number of halogens is 3. The molecule has 1 atom stereocenters. The molecule has 1 heterocycles. The van der Waals surface area contributed by atoms with Gasteiger partial charge in [0.05, 0.1) is 5.92 Å². The van der Waals surface area contributed by atoms with Gasteiger partial charge < -0.3 is 11.1 Å². The molecule has 1 aliphatic rings. The van der Waals surface area contributed by atoms with Crippen molar-refractivity contribution in [3.8, 4) is 0 Å². The molecule has 0 aromatic carbocycles. The molecule has 0 aromatic heterocycles. The largest absolute Gasteiger partial charge is 0.350 e. The Morgan fingerprint density at radius 2 is 2.27 bits per heavy atom. The highest BCUT2D eigenvalue weighted by Gasteiger charge is 2.51. The lowest BCUT2D eigenvalue weighted by Gasteiger charge is -2.11. The molecule has 0 aliphatic carbocycles. The lowest BCUT2D eigenvalue weighted by atomic mass is 10.1. The van der Waals surface area contributed by atoms with Crippen molar-refractivity contribution in [3.63, 3.8) is 0 Å². The molecule has 11 heavy (non-hydrogen) atoms. The van der Waals surface area contributed by atoms with Crippen LogP contribution < -0.4 is 11.1 Å². The zero-order valence-electron chi connectivity index (χ0n) is 5.64. The van der Waals surface area contributed by atoms with Gasteiger partial charge in [-0.2, -0.15) is 8.78 Å². The van der Waals surface area contributed by atoms with E-state index >= 15 is 0 Å². The van der Waals surface area contributed by atoms with Crippen molar-refractivity contribution < 1.29 is 13.6 Å². The summed E-state index contributed by atoms with van der Waals surface area (Å²) in [6, 6.07) is 0. The number of carbonyl (C=O) groups is 1. The highest BCUT2D eigenvalue weighted by Crippen LogP contribution is 2.27. The predicted molar refractivity (Wildman–Crippen MR) is 37.7 cm³/mol. The molecule has 0 radical (unpaired) electrons. The number of nitrogens with two attached hydrogens (primary N) is 1. The first kappa shape index (κ1) is 10.6. The molecule has 1 saturated heterocycles. The average Bonchev–Trinajstić information content (AvgIpc) is 2.10. The first-order valence-electron chi connectivity index (χ1n) is 2.95. The van der Waals surface area contributed by atoms with E-state index in [9.17, 15) is 13.6 Å².